The monoisotopic (exact) mass is 214 g/mol. The lowest BCUT2D eigenvalue weighted by atomic mass is 10.4. The van der Waals surface area contributed by atoms with Crippen LogP contribution in [0, 0.1) is 0 Å². The molecule has 1 rings (SSSR count). The van der Waals surface area contributed by atoms with E-state index >= 15 is 0 Å². The zero-order valence-corrected chi connectivity index (χ0v) is 8.59. The maximum atomic E-state index is 11.2. The molecule has 1 heterocycles. The highest BCUT2D eigenvalue weighted by molar-refractivity contribution is 7.13. The molecule has 14 heavy (non-hydrogen) atoms. The smallest absolute Gasteiger partial charge is 0.315 e. The topological polar surface area (TPSA) is 84.0 Å². The van der Waals surface area contributed by atoms with Gasteiger partial charge in [-0.1, -0.05) is 11.3 Å². The van der Waals surface area contributed by atoms with Crippen LogP contribution in [0.1, 0.15) is 13.8 Å². The molecule has 0 aliphatic rings. The van der Waals surface area contributed by atoms with Gasteiger partial charge in [-0.05, 0) is 13.8 Å². The van der Waals surface area contributed by atoms with Crippen LogP contribution in [0.3, 0.4) is 0 Å². The summed E-state index contributed by atoms with van der Waals surface area (Å²) in [6, 6.07) is -0.0670. The molecule has 0 aliphatic carbocycles. The Morgan fingerprint density at radius 3 is 2.64 bits per heavy atom. The first-order valence-corrected chi connectivity index (χ1v) is 4.85. The summed E-state index contributed by atoms with van der Waals surface area (Å²) in [5.74, 6) is -1.40. The molecule has 0 bridgehead atoms. The Labute approximate surface area is 84.7 Å². The van der Waals surface area contributed by atoms with Crippen LogP contribution in [0.4, 0.5) is 5.13 Å². The predicted molar refractivity (Wildman–Crippen MR) is 51.8 cm³/mol. The Bertz CT molecular complexity index is 322. The van der Waals surface area contributed by atoms with Crippen molar-refractivity contribution in [2.45, 2.75) is 19.9 Å². The molecule has 0 aliphatic heterocycles. The Kier molecular flexibility index (Phi) is 3.52. The largest absolute Gasteiger partial charge is 0.346 e. The zero-order valence-electron chi connectivity index (χ0n) is 7.77. The van der Waals surface area contributed by atoms with Crippen molar-refractivity contribution < 1.29 is 9.59 Å². The van der Waals surface area contributed by atoms with Gasteiger partial charge in [0.1, 0.15) is 5.51 Å². The fourth-order valence-electron chi connectivity index (χ4n) is 0.709. The second-order valence-electron chi connectivity index (χ2n) is 2.83. The summed E-state index contributed by atoms with van der Waals surface area (Å²) in [6.07, 6.45) is 0. The molecule has 0 spiro atoms. The molecule has 0 saturated heterocycles. The lowest BCUT2D eigenvalue weighted by Crippen LogP contribution is -2.39. The maximum Gasteiger partial charge on any atom is 0.315 e. The molecule has 0 aromatic carbocycles. The normalized spacial score (nSPS) is 9.93. The lowest BCUT2D eigenvalue weighted by molar-refractivity contribution is -0.136. The summed E-state index contributed by atoms with van der Waals surface area (Å²) in [4.78, 5) is 22.3. The minimum Gasteiger partial charge on any atom is -0.346 e. The van der Waals surface area contributed by atoms with Crippen molar-refractivity contribution in [3.63, 3.8) is 0 Å². The highest BCUT2D eigenvalue weighted by atomic mass is 32.1. The van der Waals surface area contributed by atoms with E-state index in [0.29, 0.717) is 5.13 Å². The molecule has 76 valence electrons. The van der Waals surface area contributed by atoms with Gasteiger partial charge in [-0.25, -0.2) is 0 Å². The number of nitrogens with zero attached hydrogens (tertiary/aromatic N) is 2. The number of hydrogen-bond donors (Lipinski definition) is 2. The fraction of sp³-hybridized carbons (Fsp3) is 0.429. The van der Waals surface area contributed by atoms with Crippen molar-refractivity contribution in [1.82, 2.24) is 15.5 Å². The molecule has 1 aromatic heterocycles. The Hall–Kier alpha value is -1.50. The quantitative estimate of drug-likeness (QED) is 0.679. The first-order valence-electron chi connectivity index (χ1n) is 3.97. The summed E-state index contributed by atoms with van der Waals surface area (Å²) in [7, 11) is 0. The fourth-order valence-corrected chi connectivity index (χ4v) is 1.15. The van der Waals surface area contributed by atoms with E-state index in [4.69, 9.17) is 0 Å². The number of aromatic nitrogens is 2. The van der Waals surface area contributed by atoms with Gasteiger partial charge < -0.3 is 5.32 Å². The Morgan fingerprint density at radius 2 is 2.14 bits per heavy atom. The van der Waals surface area contributed by atoms with Gasteiger partial charge in [-0.3, -0.25) is 14.9 Å². The minimum atomic E-state index is -0.726. The van der Waals surface area contributed by atoms with Crippen LogP contribution < -0.4 is 10.6 Å². The van der Waals surface area contributed by atoms with Gasteiger partial charge >= 0.3 is 11.8 Å². The molecule has 0 radical (unpaired) electrons. The van der Waals surface area contributed by atoms with E-state index in [2.05, 4.69) is 20.8 Å². The minimum absolute atomic E-state index is 0.0670. The first-order chi connectivity index (χ1) is 6.59. The van der Waals surface area contributed by atoms with Crippen LogP contribution in [0.25, 0.3) is 0 Å². The highest BCUT2D eigenvalue weighted by Crippen LogP contribution is 2.06. The highest BCUT2D eigenvalue weighted by Gasteiger charge is 2.15. The van der Waals surface area contributed by atoms with Gasteiger partial charge in [-0.2, -0.15) is 0 Å². The van der Waals surface area contributed by atoms with Gasteiger partial charge in [-0.15, -0.1) is 10.2 Å². The molecule has 0 atom stereocenters. The van der Waals surface area contributed by atoms with E-state index in [1.54, 1.807) is 13.8 Å². The zero-order chi connectivity index (χ0) is 10.6. The van der Waals surface area contributed by atoms with Gasteiger partial charge in [0.15, 0.2) is 0 Å². The molecule has 0 saturated carbocycles. The molecule has 1 aromatic rings. The van der Waals surface area contributed by atoms with E-state index in [-0.39, 0.29) is 6.04 Å². The molecule has 7 heteroatoms. The predicted octanol–water partition coefficient (Wildman–Crippen LogP) is 0.00120. The van der Waals surface area contributed by atoms with Crippen LogP contribution in [0.5, 0.6) is 0 Å². The van der Waals surface area contributed by atoms with Crippen molar-refractivity contribution in [3.8, 4) is 0 Å². The van der Waals surface area contributed by atoms with Crippen molar-refractivity contribution in [2.75, 3.05) is 5.32 Å². The molecular formula is C7H10N4O2S. The van der Waals surface area contributed by atoms with E-state index in [1.807, 2.05) is 0 Å². The van der Waals surface area contributed by atoms with E-state index in [9.17, 15) is 9.59 Å². The maximum absolute atomic E-state index is 11.2. The van der Waals surface area contributed by atoms with Gasteiger partial charge in [0.05, 0.1) is 0 Å². The van der Waals surface area contributed by atoms with Crippen LogP contribution in [0.2, 0.25) is 0 Å². The van der Waals surface area contributed by atoms with Crippen LogP contribution in [-0.2, 0) is 9.59 Å². The van der Waals surface area contributed by atoms with E-state index < -0.39 is 11.8 Å². The van der Waals surface area contributed by atoms with Crippen LogP contribution in [-0.4, -0.2) is 28.1 Å². The molecule has 6 nitrogen and oxygen atoms in total. The average molecular weight is 214 g/mol. The molecule has 2 N–H and O–H groups in total. The second kappa shape index (κ2) is 4.66. The summed E-state index contributed by atoms with van der Waals surface area (Å²) in [5, 5.41) is 12.2. The van der Waals surface area contributed by atoms with Gasteiger partial charge in [0.2, 0.25) is 5.13 Å². The molecule has 0 fully saturated rings. The summed E-state index contributed by atoms with van der Waals surface area (Å²) in [5.41, 5.74) is 1.47. The van der Waals surface area contributed by atoms with Gasteiger partial charge in [0.25, 0.3) is 0 Å². The Morgan fingerprint density at radius 1 is 1.43 bits per heavy atom. The van der Waals surface area contributed by atoms with Crippen LogP contribution >= 0.6 is 11.3 Å². The number of anilines is 1. The summed E-state index contributed by atoms with van der Waals surface area (Å²) >= 11 is 1.15. The standard InChI is InChI=1S/C7H10N4O2S/c1-4(2)9-5(12)6(13)10-7-11-8-3-14-7/h3-4H,1-2H3,(H,9,12)(H,10,11,13). The molecular weight excluding hydrogens is 204 g/mol. The number of carbonyl (C=O) groups excluding carboxylic acids is 2. The second-order valence-corrected chi connectivity index (χ2v) is 3.66. The molecule has 2 amide bonds. The number of rotatable bonds is 2. The third-order valence-corrected chi connectivity index (χ3v) is 1.81. The van der Waals surface area contributed by atoms with E-state index in [0.717, 1.165) is 11.3 Å². The first kappa shape index (κ1) is 10.6. The van der Waals surface area contributed by atoms with Gasteiger partial charge in [0, 0.05) is 6.04 Å². The van der Waals surface area contributed by atoms with Crippen molar-refractivity contribution in [1.29, 1.82) is 0 Å². The van der Waals surface area contributed by atoms with Crippen molar-refractivity contribution in [2.24, 2.45) is 0 Å². The average Bonchev–Trinajstić information content (AvgIpc) is 2.55. The number of amides is 2. The third kappa shape index (κ3) is 3.09. The van der Waals surface area contributed by atoms with Crippen LogP contribution in [0.15, 0.2) is 5.51 Å². The summed E-state index contributed by atoms with van der Waals surface area (Å²) in [6.45, 7) is 3.55. The number of hydrogen-bond acceptors (Lipinski definition) is 5. The molecule has 0 unspecified atom stereocenters. The van der Waals surface area contributed by atoms with Crippen molar-refractivity contribution >= 4 is 28.3 Å². The lowest BCUT2D eigenvalue weighted by Gasteiger charge is -2.06. The van der Waals surface area contributed by atoms with E-state index in [1.165, 1.54) is 5.51 Å². The van der Waals surface area contributed by atoms with Crippen molar-refractivity contribution in [3.05, 3.63) is 5.51 Å². The number of carbonyl (C=O) groups is 2. The SMILES string of the molecule is CC(C)NC(=O)C(=O)Nc1nncs1. The Balaban J connectivity index is 2.46. The summed E-state index contributed by atoms with van der Waals surface area (Å²) < 4.78 is 0. The number of nitrogens with one attached hydrogen (secondary N) is 2. The third-order valence-electron chi connectivity index (χ3n) is 1.21.